The van der Waals surface area contributed by atoms with Gasteiger partial charge < -0.3 is 9.97 Å². The van der Waals surface area contributed by atoms with Crippen LogP contribution in [0.1, 0.15) is 52.9 Å². The van der Waals surface area contributed by atoms with Crippen molar-refractivity contribution in [2.24, 2.45) is 0 Å². The lowest BCUT2D eigenvalue weighted by Crippen LogP contribution is -2.12. The fraction of sp³-hybridized carbons (Fsp3) is 0.167. The third kappa shape index (κ3) is 5.68. The SMILES string of the molecule is CC(C)(C)c1ccc(-c2nc3cc(-n4c(-c5ccc(-c6nc7ccccc7n6-c6ccc7nc(C(C)(C)C)[nH]c7c6)cc5)nc5ccccc54)ccc3[nH]2)cc1. The molecule has 4 heterocycles. The summed E-state index contributed by atoms with van der Waals surface area (Å²) in [5, 5.41) is 0. The van der Waals surface area contributed by atoms with Gasteiger partial charge in [0.15, 0.2) is 0 Å². The van der Waals surface area contributed by atoms with Crippen LogP contribution in [0.25, 0.3) is 89.7 Å². The van der Waals surface area contributed by atoms with Crippen molar-refractivity contribution < 1.29 is 0 Å². The Morgan fingerprint density at radius 2 is 0.982 bits per heavy atom. The van der Waals surface area contributed by atoms with E-state index in [0.29, 0.717) is 0 Å². The quantitative estimate of drug-likeness (QED) is 0.184. The van der Waals surface area contributed by atoms with E-state index in [1.165, 1.54) is 5.56 Å². The third-order valence-electron chi connectivity index (χ3n) is 10.7. The highest BCUT2D eigenvalue weighted by atomic mass is 15.1. The van der Waals surface area contributed by atoms with E-state index in [1.807, 2.05) is 12.1 Å². The Kier molecular flexibility index (Phi) is 7.45. The van der Waals surface area contributed by atoms with Crippen LogP contribution in [0, 0.1) is 0 Å². The second-order valence-corrected chi connectivity index (χ2v) is 16.7. The molecule has 56 heavy (non-hydrogen) atoms. The zero-order chi connectivity index (χ0) is 38.3. The van der Waals surface area contributed by atoms with Crippen LogP contribution in [-0.2, 0) is 10.8 Å². The summed E-state index contributed by atoms with van der Waals surface area (Å²) in [5.41, 5.74) is 14.2. The molecule has 0 unspecified atom stereocenters. The highest BCUT2D eigenvalue weighted by molar-refractivity contribution is 5.88. The van der Waals surface area contributed by atoms with Gasteiger partial charge in [0.05, 0.1) is 44.1 Å². The van der Waals surface area contributed by atoms with E-state index in [2.05, 4.69) is 182 Å². The third-order valence-corrected chi connectivity index (χ3v) is 10.7. The molecule has 8 heteroatoms. The van der Waals surface area contributed by atoms with E-state index in [9.17, 15) is 0 Å². The van der Waals surface area contributed by atoms with Crippen molar-refractivity contribution in [2.45, 2.75) is 52.4 Å². The minimum Gasteiger partial charge on any atom is -0.341 e. The first-order valence-electron chi connectivity index (χ1n) is 19.2. The Balaban J connectivity index is 1.04. The molecule has 4 aromatic heterocycles. The number of hydrogen-bond acceptors (Lipinski definition) is 4. The van der Waals surface area contributed by atoms with Crippen LogP contribution in [0.2, 0.25) is 0 Å². The minimum atomic E-state index is -0.0804. The van der Waals surface area contributed by atoms with Crippen LogP contribution >= 0.6 is 0 Å². The molecule has 0 aliphatic heterocycles. The summed E-state index contributed by atoms with van der Waals surface area (Å²) in [4.78, 5) is 27.4. The molecule has 0 saturated heterocycles. The standard InChI is InChI=1S/C48H42N8/c1-47(2,3)32-21-19-29(20-22-32)43-49-35-25-23-33(27-39(35)50-43)55-41-13-9-7-11-37(41)51-44(55)30-15-17-31(18-16-30)45-52-38-12-8-10-14-42(38)56(45)34-24-26-36-40(28-34)54-46(53-36)48(4,5)6/h7-28H,1-6H3,(H,49,50)(H,53,54). The summed E-state index contributed by atoms with van der Waals surface area (Å²) < 4.78 is 4.47. The van der Waals surface area contributed by atoms with E-state index in [0.717, 1.165) is 95.5 Å². The van der Waals surface area contributed by atoms with Crippen molar-refractivity contribution in [3.05, 3.63) is 145 Å². The maximum atomic E-state index is 5.18. The number of fused-ring (bicyclic) bond motifs is 4. The average Bonchev–Trinajstić information content (AvgIpc) is 3.99. The lowest BCUT2D eigenvalue weighted by atomic mass is 9.87. The highest BCUT2D eigenvalue weighted by Crippen LogP contribution is 2.35. The Bertz CT molecular complexity index is 3090. The number of aromatic nitrogens is 8. The second kappa shape index (κ2) is 12.4. The zero-order valence-electron chi connectivity index (χ0n) is 32.4. The summed E-state index contributed by atoms with van der Waals surface area (Å²) >= 11 is 0. The van der Waals surface area contributed by atoms with Gasteiger partial charge in [-0.3, -0.25) is 9.13 Å². The Labute approximate surface area is 324 Å². The van der Waals surface area contributed by atoms with Crippen molar-refractivity contribution in [3.8, 4) is 45.5 Å². The van der Waals surface area contributed by atoms with Gasteiger partial charge >= 0.3 is 0 Å². The number of imidazole rings is 4. The monoisotopic (exact) mass is 730 g/mol. The van der Waals surface area contributed by atoms with Crippen LogP contribution in [0.3, 0.4) is 0 Å². The van der Waals surface area contributed by atoms with Gasteiger partial charge in [0.25, 0.3) is 0 Å². The molecule has 2 N–H and O–H groups in total. The van der Waals surface area contributed by atoms with Crippen LogP contribution in [-0.4, -0.2) is 39.0 Å². The maximum absolute atomic E-state index is 5.18. The number of nitrogens with zero attached hydrogens (tertiary/aromatic N) is 6. The van der Waals surface area contributed by atoms with Crippen molar-refractivity contribution >= 4 is 44.1 Å². The molecule has 0 atom stereocenters. The Morgan fingerprint density at radius 3 is 1.57 bits per heavy atom. The first-order chi connectivity index (χ1) is 27.0. The molecule has 0 spiro atoms. The summed E-state index contributed by atoms with van der Waals surface area (Å²) in [5.74, 6) is 3.56. The highest BCUT2D eigenvalue weighted by Gasteiger charge is 2.21. The number of aromatic amines is 2. The Morgan fingerprint density at radius 1 is 0.429 bits per heavy atom. The lowest BCUT2D eigenvalue weighted by molar-refractivity contribution is 0.554. The first-order valence-corrected chi connectivity index (χ1v) is 19.2. The van der Waals surface area contributed by atoms with Gasteiger partial charge in [0, 0.05) is 33.5 Å². The molecule has 0 aliphatic rings. The molecule has 8 nitrogen and oxygen atoms in total. The van der Waals surface area contributed by atoms with Gasteiger partial charge in [-0.1, -0.05) is 114 Å². The Hall–Kier alpha value is -6.80. The molecule has 10 aromatic rings. The van der Waals surface area contributed by atoms with Gasteiger partial charge in [0.2, 0.25) is 0 Å². The number of H-pyrrole nitrogens is 2. The normalized spacial score (nSPS) is 12.5. The van der Waals surface area contributed by atoms with Crippen molar-refractivity contribution in [1.82, 2.24) is 39.0 Å². The van der Waals surface area contributed by atoms with Gasteiger partial charge in [-0.2, -0.15) is 0 Å². The largest absolute Gasteiger partial charge is 0.341 e. The topological polar surface area (TPSA) is 93.0 Å². The van der Waals surface area contributed by atoms with E-state index in [1.54, 1.807) is 0 Å². The fourth-order valence-corrected chi connectivity index (χ4v) is 7.62. The molecule has 0 aliphatic carbocycles. The van der Waals surface area contributed by atoms with E-state index in [4.69, 9.17) is 19.9 Å². The number of hydrogen-bond donors (Lipinski definition) is 2. The van der Waals surface area contributed by atoms with Crippen molar-refractivity contribution in [3.63, 3.8) is 0 Å². The summed E-state index contributed by atoms with van der Waals surface area (Å²) in [7, 11) is 0. The van der Waals surface area contributed by atoms with E-state index in [-0.39, 0.29) is 10.8 Å². The number of rotatable bonds is 5. The number of benzene rings is 6. The second-order valence-electron chi connectivity index (χ2n) is 16.7. The van der Waals surface area contributed by atoms with E-state index < -0.39 is 0 Å². The van der Waals surface area contributed by atoms with Gasteiger partial charge in [0.1, 0.15) is 23.3 Å². The van der Waals surface area contributed by atoms with Crippen LogP contribution in [0.4, 0.5) is 0 Å². The zero-order valence-corrected chi connectivity index (χ0v) is 32.4. The molecule has 0 fully saturated rings. The number of para-hydroxylation sites is 4. The molecule has 10 rings (SSSR count). The molecule has 0 amide bonds. The summed E-state index contributed by atoms with van der Waals surface area (Å²) in [6.45, 7) is 13.2. The van der Waals surface area contributed by atoms with Crippen molar-refractivity contribution in [1.29, 1.82) is 0 Å². The predicted octanol–water partition coefficient (Wildman–Crippen LogP) is 11.7. The first kappa shape index (κ1) is 33.7. The summed E-state index contributed by atoms with van der Waals surface area (Å²) in [6, 6.07) is 46.7. The fourth-order valence-electron chi connectivity index (χ4n) is 7.62. The van der Waals surface area contributed by atoms with E-state index >= 15 is 0 Å². The van der Waals surface area contributed by atoms with Gasteiger partial charge in [-0.25, -0.2) is 19.9 Å². The molecule has 6 aromatic carbocycles. The molecule has 274 valence electrons. The van der Waals surface area contributed by atoms with Gasteiger partial charge in [-0.15, -0.1) is 0 Å². The smallest absolute Gasteiger partial charge is 0.145 e. The number of nitrogens with one attached hydrogen (secondary N) is 2. The predicted molar refractivity (Wildman–Crippen MR) is 229 cm³/mol. The molecular formula is C48H42N8. The maximum Gasteiger partial charge on any atom is 0.145 e. The minimum absolute atomic E-state index is 0.0804. The summed E-state index contributed by atoms with van der Waals surface area (Å²) in [6.07, 6.45) is 0. The molecule has 0 saturated carbocycles. The molecule has 0 radical (unpaired) electrons. The van der Waals surface area contributed by atoms with Crippen LogP contribution in [0.15, 0.2) is 133 Å². The van der Waals surface area contributed by atoms with Crippen molar-refractivity contribution in [2.75, 3.05) is 0 Å². The molecular weight excluding hydrogens is 689 g/mol. The lowest BCUT2D eigenvalue weighted by Gasteiger charge is -2.18. The average molecular weight is 731 g/mol. The molecule has 0 bridgehead atoms. The van der Waals surface area contributed by atoms with Crippen LogP contribution in [0.5, 0.6) is 0 Å². The van der Waals surface area contributed by atoms with Crippen LogP contribution < -0.4 is 0 Å². The van der Waals surface area contributed by atoms with Gasteiger partial charge in [-0.05, 0) is 71.6 Å².